The average Bonchev–Trinajstić information content (AvgIpc) is 2.39. The first-order valence-corrected chi connectivity index (χ1v) is 7.10. The van der Waals surface area contributed by atoms with Gasteiger partial charge in [0.15, 0.2) is 0 Å². The van der Waals surface area contributed by atoms with E-state index in [0.29, 0.717) is 5.92 Å². The molecule has 0 aromatic heterocycles. The second-order valence-corrected chi connectivity index (χ2v) is 5.52. The van der Waals surface area contributed by atoms with Gasteiger partial charge in [0.1, 0.15) is 5.75 Å². The molecule has 1 aliphatic rings. The smallest absolute Gasteiger partial charge is 0.122 e. The van der Waals surface area contributed by atoms with Crippen LogP contribution in [0.1, 0.15) is 50.2 Å². The van der Waals surface area contributed by atoms with E-state index in [2.05, 4.69) is 36.9 Å². The largest absolute Gasteiger partial charge is 0.496 e. The minimum Gasteiger partial charge on any atom is -0.496 e. The fourth-order valence-electron chi connectivity index (χ4n) is 2.92. The molecule has 0 bridgehead atoms. The summed E-state index contributed by atoms with van der Waals surface area (Å²) in [5.41, 5.74) is 2.82. The zero-order valence-electron chi connectivity index (χ0n) is 11.9. The van der Waals surface area contributed by atoms with Gasteiger partial charge in [-0.3, -0.25) is 4.90 Å². The van der Waals surface area contributed by atoms with Crippen molar-refractivity contribution in [3.8, 4) is 5.75 Å². The van der Waals surface area contributed by atoms with Crippen LogP contribution in [0.25, 0.3) is 0 Å². The van der Waals surface area contributed by atoms with E-state index in [1.54, 1.807) is 7.11 Å². The molecule has 0 unspecified atom stereocenters. The Bertz CT molecular complexity index is 381. The highest BCUT2D eigenvalue weighted by Crippen LogP contribution is 2.30. The highest BCUT2D eigenvalue weighted by Gasteiger charge is 2.16. The van der Waals surface area contributed by atoms with Crippen LogP contribution in [-0.2, 0) is 6.54 Å². The normalized spacial score (nSPS) is 17.1. The van der Waals surface area contributed by atoms with Crippen molar-refractivity contribution in [3.63, 3.8) is 0 Å². The molecule has 100 valence electrons. The van der Waals surface area contributed by atoms with Crippen LogP contribution >= 0.6 is 0 Å². The molecule has 1 aromatic carbocycles. The van der Waals surface area contributed by atoms with Crippen LogP contribution in [0.3, 0.4) is 0 Å². The summed E-state index contributed by atoms with van der Waals surface area (Å²) in [4.78, 5) is 2.57. The summed E-state index contributed by atoms with van der Waals surface area (Å²) in [6, 6.07) is 6.45. The molecule has 0 amide bonds. The van der Waals surface area contributed by atoms with Gasteiger partial charge in [0.2, 0.25) is 0 Å². The van der Waals surface area contributed by atoms with Crippen LogP contribution in [0.2, 0.25) is 0 Å². The Morgan fingerprint density at radius 1 is 1.17 bits per heavy atom. The molecular formula is C16H25NO. The van der Waals surface area contributed by atoms with E-state index in [1.165, 1.54) is 43.5 Å². The highest BCUT2D eigenvalue weighted by atomic mass is 16.5. The average molecular weight is 247 g/mol. The first-order valence-electron chi connectivity index (χ1n) is 7.10. The summed E-state index contributed by atoms with van der Waals surface area (Å²) in [5, 5.41) is 0. The van der Waals surface area contributed by atoms with E-state index >= 15 is 0 Å². The minimum atomic E-state index is 0.515. The predicted octanol–water partition coefficient (Wildman–Crippen LogP) is 3.80. The maximum Gasteiger partial charge on any atom is 0.122 e. The van der Waals surface area contributed by atoms with Gasteiger partial charge in [0.25, 0.3) is 0 Å². The molecule has 0 saturated carbocycles. The fraction of sp³-hybridized carbons (Fsp3) is 0.625. The Morgan fingerprint density at radius 3 is 2.50 bits per heavy atom. The number of benzene rings is 1. The maximum absolute atomic E-state index is 5.52. The standard InChI is InChI=1S/C16H25NO/c1-13(2)16-14(8-7-9-15(16)18-3)12-17-10-5-4-6-11-17/h7-9,13H,4-6,10-12H2,1-3H3. The van der Waals surface area contributed by atoms with Crippen molar-refractivity contribution in [2.24, 2.45) is 0 Å². The number of nitrogens with zero attached hydrogens (tertiary/aromatic N) is 1. The van der Waals surface area contributed by atoms with Gasteiger partial charge in [-0.1, -0.05) is 32.4 Å². The van der Waals surface area contributed by atoms with E-state index in [1.807, 2.05) is 0 Å². The van der Waals surface area contributed by atoms with Gasteiger partial charge < -0.3 is 4.74 Å². The van der Waals surface area contributed by atoms with Gasteiger partial charge in [-0.25, -0.2) is 0 Å². The number of piperidine rings is 1. The molecule has 2 rings (SSSR count). The monoisotopic (exact) mass is 247 g/mol. The lowest BCUT2D eigenvalue weighted by molar-refractivity contribution is 0.220. The summed E-state index contributed by atoms with van der Waals surface area (Å²) in [7, 11) is 1.77. The Kier molecular flexibility index (Phi) is 4.65. The Morgan fingerprint density at radius 2 is 1.89 bits per heavy atom. The first kappa shape index (κ1) is 13.4. The van der Waals surface area contributed by atoms with Crippen LogP contribution in [0, 0.1) is 0 Å². The predicted molar refractivity (Wildman–Crippen MR) is 76.2 cm³/mol. The van der Waals surface area contributed by atoms with Crippen molar-refractivity contribution in [3.05, 3.63) is 29.3 Å². The SMILES string of the molecule is COc1cccc(CN2CCCCC2)c1C(C)C. The molecule has 18 heavy (non-hydrogen) atoms. The van der Waals surface area contributed by atoms with Crippen LogP contribution in [0.4, 0.5) is 0 Å². The van der Waals surface area contributed by atoms with Gasteiger partial charge in [-0.2, -0.15) is 0 Å². The highest BCUT2D eigenvalue weighted by molar-refractivity contribution is 5.42. The van der Waals surface area contributed by atoms with Crippen LogP contribution in [-0.4, -0.2) is 25.1 Å². The van der Waals surface area contributed by atoms with Crippen molar-refractivity contribution in [2.75, 3.05) is 20.2 Å². The first-order chi connectivity index (χ1) is 8.72. The zero-order chi connectivity index (χ0) is 13.0. The molecule has 0 radical (unpaired) electrons. The van der Waals surface area contributed by atoms with Crippen LogP contribution < -0.4 is 4.74 Å². The number of hydrogen-bond acceptors (Lipinski definition) is 2. The topological polar surface area (TPSA) is 12.5 Å². The number of likely N-dealkylation sites (tertiary alicyclic amines) is 1. The third kappa shape index (κ3) is 3.05. The van der Waals surface area contributed by atoms with Gasteiger partial charge in [0.05, 0.1) is 7.11 Å². The fourth-order valence-corrected chi connectivity index (χ4v) is 2.92. The third-order valence-electron chi connectivity index (χ3n) is 3.80. The number of hydrogen-bond donors (Lipinski definition) is 0. The van der Waals surface area contributed by atoms with E-state index in [-0.39, 0.29) is 0 Å². The summed E-state index contributed by atoms with van der Waals surface area (Å²) >= 11 is 0. The van der Waals surface area contributed by atoms with Crippen LogP contribution in [0.5, 0.6) is 5.75 Å². The lowest BCUT2D eigenvalue weighted by Crippen LogP contribution is -2.29. The van der Waals surface area contributed by atoms with Crippen molar-refractivity contribution in [1.29, 1.82) is 0 Å². The van der Waals surface area contributed by atoms with Crippen molar-refractivity contribution < 1.29 is 4.74 Å². The van der Waals surface area contributed by atoms with E-state index in [0.717, 1.165) is 12.3 Å². The molecule has 0 N–H and O–H groups in total. The Labute approximate surface area is 111 Å². The number of methoxy groups -OCH3 is 1. The van der Waals surface area contributed by atoms with E-state index in [9.17, 15) is 0 Å². The molecule has 1 aromatic rings. The molecule has 1 fully saturated rings. The molecule has 1 heterocycles. The molecule has 1 aliphatic heterocycles. The third-order valence-corrected chi connectivity index (χ3v) is 3.80. The van der Waals surface area contributed by atoms with E-state index in [4.69, 9.17) is 4.74 Å². The Hall–Kier alpha value is -1.02. The molecule has 2 heteroatoms. The molecule has 0 aliphatic carbocycles. The van der Waals surface area contributed by atoms with E-state index < -0.39 is 0 Å². The lowest BCUT2D eigenvalue weighted by Gasteiger charge is -2.28. The summed E-state index contributed by atoms with van der Waals surface area (Å²) in [6.07, 6.45) is 4.09. The lowest BCUT2D eigenvalue weighted by atomic mass is 9.95. The minimum absolute atomic E-state index is 0.515. The quantitative estimate of drug-likeness (QED) is 0.802. The van der Waals surface area contributed by atoms with Gasteiger partial charge in [0, 0.05) is 12.1 Å². The second kappa shape index (κ2) is 6.24. The molecule has 2 nitrogen and oxygen atoms in total. The van der Waals surface area contributed by atoms with Gasteiger partial charge in [-0.05, 0) is 43.5 Å². The maximum atomic E-state index is 5.52. The molecule has 1 saturated heterocycles. The van der Waals surface area contributed by atoms with Gasteiger partial charge in [-0.15, -0.1) is 0 Å². The number of ether oxygens (including phenoxy) is 1. The summed E-state index contributed by atoms with van der Waals surface area (Å²) in [6.45, 7) is 8.06. The zero-order valence-corrected chi connectivity index (χ0v) is 11.9. The van der Waals surface area contributed by atoms with Crippen molar-refractivity contribution in [1.82, 2.24) is 4.90 Å². The summed E-state index contributed by atoms with van der Waals surface area (Å²) < 4.78 is 5.52. The summed E-state index contributed by atoms with van der Waals surface area (Å²) in [5.74, 6) is 1.56. The van der Waals surface area contributed by atoms with Gasteiger partial charge >= 0.3 is 0 Å². The molecule has 0 atom stereocenters. The van der Waals surface area contributed by atoms with Crippen LogP contribution in [0.15, 0.2) is 18.2 Å². The number of rotatable bonds is 4. The Balaban J connectivity index is 2.20. The van der Waals surface area contributed by atoms with Crippen molar-refractivity contribution in [2.45, 2.75) is 45.6 Å². The second-order valence-electron chi connectivity index (χ2n) is 5.52. The van der Waals surface area contributed by atoms with Crippen molar-refractivity contribution >= 4 is 0 Å². The molecule has 0 spiro atoms. The molecular weight excluding hydrogens is 222 g/mol.